The van der Waals surface area contributed by atoms with Crippen LogP contribution in [0.3, 0.4) is 0 Å². The molecule has 1 aromatic heterocycles. The summed E-state index contributed by atoms with van der Waals surface area (Å²) in [5.41, 5.74) is 2.03. The van der Waals surface area contributed by atoms with Gasteiger partial charge in [0.15, 0.2) is 5.82 Å². The average Bonchev–Trinajstić information content (AvgIpc) is 3.21. The molecule has 4 aromatic rings. The Labute approximate surface area is 179 Å². The lowest BCUT2D eigenvalue weighted by molar-refractivity contribution is 0.103. The van der Waals surface area contributed by atoms with Crippen LogP contribution in [0.2, 0.25) is 5.02 Å². The van der Waals surface area contributed by atoms with Crippen LogP contribution in [-0.2, 0) is 10.0 Å². The number of nitrogens with zero attached hydrogens (tertiary/aromatic N) is 2. The molecule has 4 rings (SSSR count). The molecule has 0 aliphatic rings. The zero-order valence-electron chi connectivity index (χ0n) is 16.0. The standard InChI is InChI=1S/C23H17ClN2O3S/c1-16-7-9-17(10-8-16)22(27)21-15-26(30(28,29)20-5-3-2-4-6-20)23(25-21)18-11-13-19(24)14-12-18/h2-15H,1H3. The van der Waals surface area contributed by atoms with Crippen molar-refractivity contribution in [2.75, 3.05) is 0 Å². The highest BCUT2D eigenvalue weighted by molar-refractivity contribution is 7.90. The van der Waals surface area contributed by atoms with Gasteiger partial charge in [0.2, 0.25) is 5.78 Å². The molecule has 0 saturated heterocycles. The van der Waals surface area contributed by atoms with E-state index in [2.05, 4.69) is 4.98 Å². The molecule has 0 atom stereocenters. The highest BCUT2D eigenvalue weighted by Gasteiger charge is 2.25. The van der Waals surface area contributed by atoms with Gasteiger partial charge >= 0.3 is 0 Å². The topological polar surface area (TPSA) is 69.0 Å². The molecule has 150 valence electrons. The normalized spacial score (nSPS) is 11.4. The van der Waals surface area contributed by atoms with E-state index in [0.717, 1.165) is 9.54 Å². The predicted octanol–water partition coefficient (Wildman–Crippen LogP) is 4.98. The molecule has 7 heteroatoms. The number of hydrogen-bond acceptors (Lipinski definition) is 4. The third-order valence-electron chi connectivity index (χ3n) is 4.62. The van der Waals surface area contributed by atoms with Gasteiger partial charge < -0.3 is 0 Å². The van der Waals surface area contributed by atoms with Crippen LogP contribution >= 0.6 is 11.6 Å². The van der Waals surface area contributed by atoms with Crippen LogP contribution in [0, 0.1) is 6.92 Å². The van der Waals surface area contributed by atoms with Gasteiger partial charge in [0.1, 0.15) is 5.69 Å². The second kappa shape index (κ2) is 7.89. The van der Waals surface area contributed by atoms with Crippen LogP contribution in [0.5, 0.6) is 0 Å². The Bertz CT molecular complexity index is 1310. The van der Waals surface area contributed by atoms with Crippen LogP contribution in [0.4, 0.5) is 0 Å². The number of aromatic nitrogens is 2. The number of ketones is 1. The molecule has 0 aliphatic heterocycles. The molecular weight excluding hydrogens is 420 g/mol. The maximum atomic E-state index is 13.3. The van der Waals surface area contributed by atoms with E-state index < -0.39 is 10.0 Å². The van der Waals surface area contributed by atoms with Crippen molar-refractivity contribution in [1.29, 1.82) is 0 Å². The highest BCUT2D eigenvalue weighted by Crippen LogP contribution is 2.26. The van der Waals surface area contributed by atoms with Crippen LogP contribution < -0.4 is 0 Å². The molecule has 30 heavy (non-hydrogen) atoms. The van der Waals surface area contributed by atoms with Crippen molar-refractivity contribution in [3.05, 3.63) is 107 Å². The summed E-state index contributed by atoms with van der Waals surface area (Å²) in [4.78, 5) is 17.5. The first-order chi connectivity index (χ1) is 14.4. The summed E-state index contributed by atoms with van der Waals surface area (Å²) in [6, 6.07) is 21.7. The summed E-state index contributed by atoms with van der Waals surface area (Å²) < 4.78 is 27.6. The molecule has 0 unspecified atom stereocenters. The molecule has 0 bridgehead atoms. The molecule has 0 radical (unpaired) electrons. The fourth-order valence-electron chi connectivity index (χ4n) is 3.01. The predicted molar refractivity (Wildman–Crippen MR) is 116 cm³/mol. The summed E-state index contributed by atoms with van der Waals surface area (Å²) in [7, 11) is -3.96. The van der Waals surface area contributed by atoms with E-state index in [1.54, 1.807) is 54.6 Å². The molecule has 0 fully saturated rings. The van der Waals surface area contributed by atoms with E-state index in [0.29, 0.717) is 16.1 Å². The molecule has 5 nitrogen and oxygen atoms in total. The lowest BCUT2D eigenvalue weighted by Crippen LogP contribution is -2.13. The average molecular weight is 437 g/mol. The van der Waals surface area contributed by atoms with Crippen molar-refractivity contribution in [3.63, 3.8) is 0 Å². The summed E-state index contributed by atoms with van der Waals surface area (Å²) in [6.07, 6.45) is 1.27. The third-order valence-corrected chi connectivity index (χ3v) is 6.54. The number of halogens is 1. The summed E-state index contributed by atoms with van der Waals surface area (Å²) in [5.74, 6) is -0.210. The van der Waals surface area contributed by atoms with Gasteiger partial charge in [0.05, 0.1) is 11.1 Å². The SMILES string of the molecule is Cc1ccc(C(=O)c2cn(S(=O)(=O)c3ccccc3)c(-c3ccc(Cl)cc3)n2)cc1. The third kappa shape index (κ3) is 3.79. The fraction of sp³-hybridized carbons (Fsp3) is 0.0435. The Morgan fingerprint density at radius 1 is 0.900 bits per heavy atom. The molecule has 0 amide bonds. The number of benzene rings is 3. The van der Waals surface area contributed by atoms with Crippen LogP contribution in [0.25, 0.3) is 11.4 Å². The molecule has 0 saturated carbocycles. The van der Waals surface area contributed by atoms with Gasteiger partial charge in [-0.2, -0.15) is 0 Å². The number of rotatable bonds is 5. The van der Waals surface area contributed by atoms with E-state index in [-0.39, 0.29) is 22.2 Å². The van der Waals surface area contributed by atoms with Gasteiger partial charge in [-0.05, 0) is 43.3 Å². The number of aryl methyl sites for hydroxylation is 1. The zero-order chi connectivity index (χ0) is 21.3. The van der Waals surface area contributed by atoms with Crippen molar-refractivity contribution in [2.24, 2.45) is 0 Å². The Kier molecular flexibility index (Phi) is 5.28. The molecule has 0 aliphatic carbocycles. The van der Waals surface area contributed by atoms with Gasteiger partial charge in [0, 0.05) is 16.1 Å². The number of hydrogen-bond donors (Lipinski definition) is 0. The highest BCUT2D eigenvalue weighted by atomic mass is 35.5. The molecule has 1 heterocycles. The van der Waals surface area contributed by atoms with E-state index in [4.69, 9.17) is 11.6 Å². The van der Waals surface area contributed by atoms with Crippen molar-refractivity contribution >= 4 is 27.4 Å². The molecule has 0 N–H and O–H groups in total. The lowest BCUT2D eigenvalue weighted by atomic mass is 10.1. The maximum absolute atomic E-state index is 13.3. The van der Waals surface area contributed by atoms with Gasteiger partial charge in [-0.1, -0.05) is 59.6 Å². The second-order valence-electron chi connectivity index (χ2n) is 6.77. The largest absolute Gasteiger partial charge is 0.287 e. The van der Waals surface area contributed by atoms with Crippen molar-refractivity contribution < 1.29 is 13.2 Å². The summed E-state index contributed by atoms with van der Waals surface area (Å²) in [5, 5.41) is 0.513. The maximum Gasteiger partial charge on any atom is 0.269 e. The first-order valence-corrected chi connectivity index (χ1v) is 11.0. The van der Waals surface area contributed by atoms with Crippen LogP contribution in [0.15, 0.2) is 90.0 Å². The monoisotopic (exact) mass is 436 g/mol. The quantitative estimate of drug-likeness (QED) is 0.414. The van der Waals surface area contributed by atoms with Crippen molar-refractivity contribution in [1.82, 2.24) is 8.96 Å². The Morgan fingerprint density at radius 2 is 1.53 bits per heavy atom. The van der Waals surface area contributed by atoms with Gasteiger partial charge in [-0.15, -0.1) is 0 Å². The number of carbonyl (C=O) groups is 1. The Hall–Kier alpha value is -3.22. The minimum absolute atomic E-state index is 0.0447. The molecule has 3 aromatic carbocycles. The van der Waals surface area contributed by atoms with Crippen LogP contribution in [0.1, 0.15) is 21.6 Å². The van der Waals surface area contributed by atoms with Gasteiger partial charge in [-0.25, -0.2) is 17.4 Å². The van der Waals surface area contributed by atoms with Gasteiger partial charge in [0.25, 0.3) is 10.0 Å². The lowest BCUT2D eigenvalue weighted by Gasteiger charge is -2.09. The first-order valence-electron chi connectivity index (χ1n) is 9.13. The van der Waals surface area contributed by atoms with Crippen molar-refractivity contribution in [2.45, 2.75) is 11.8 Å². The fourth-order valence-corrected chi connectivity index (χ4v) is 4.47. The zero-order valence-corrected chi connectivity index (χ0v) is 17.6. The van der Waals surface area contributed by atoms with Gasteiger partial charge in [-0.3, -0.25) is 4.79 Å². The van der Waals surface area contributed by atoms with E-state index >= 15 is 0 Å². The smallest absolute Gasteiger partial charge is 0.269 e. The minimum Gasteiger partial charge on any atom is -0.287 e. The van der Waals surface area contributed by atoms with Crippen molar-refractivity contribution in [3.8, 4) is 11.4 Å². The first kappa shape index (κ1) is 20.1. The minimum atomic E-state index is -3.96. The summed E-state index contributed by atoms with van der Waals surface area (Å²) in [6.45, 7) is 1.92. The Balaban J connectivity index is 1.89. The number of carbonyl (C=O) groups excluding carboxylic acids is 1. The van der Waals surface area contributed by atoms with E-state index in [9.17, 15) is 13.2 Å². The molecular formula is C23H17ClN2O3S. The molecule has 0 spiro atoms. The van der Waals surface area contributed by atoms with Crippen LogP contribution in [-0.4, -0.2) is 23.2 Å². The summed E-state index contributed by atoms with van der Waals surface area (Å²) >= 11 is 5.97. The van der Waals surface area contributed by atoms with E-state index in [1.165, 1.54) is 18.3 Å². The number of imidazole rings is 1. The van der Waals surface area contributed by atoms with E-state index in [1.807, 2.05) is 19.1 Å². The second-order valence-corrected chi connectivity index (χ2v) is 9.02. The Morgan fingerprint density at radius 3 is 2.17 bits per heavy atom.